The van der Waals surface area contributed by atoms with Crippen molar-refractivity contribution >= 4 is 40.9 Å². The van der Waals surface area contributed by atoms with Crippen LogP contribution in [0.2, 0.25) is 10.0 Å². The summed E-state index contributed by atoms with van der Waals surface area (Å²) in [5, 5.41) is 13.7. The molecule has 0 spiro atoms. The van der Waals surface area contributed by atoms with E-state index in [1.54, 1.807) is 0 Å². The highest BCUT2D eigenvalue weighted by atomic mass is 35.5. The van der Waals surface area contributed by atoms with Crippen molar-refractivity contribution in [2.24, 2.45) is 0 Å². The molecule has 1 N–H and O–H groups in total. The molecular weight excluding hydrogens is 510 g/mol. The van der Waals surface area contributed by atoms with Gasteiger partial charge in [0.25, 0.3) is 12.0 Å². The van der Waals surface area contributed by atoms with Gasteiger partial charge >= 0.3 is 6.36 Å². The first kappa shape index (κ1) is 25.1. The minimum atomic E-state index is -5.05. The molecule has 3 rings (SSSR count). The Bertz CT molecular complexity index is 1260. The van der Waals surface area contributed by atoms with Crippen molar-refractivity contribution in [3.05, 3.63) is 87.3 Å². The summed E-state index contributed by atoms with van der Waals surface area (Å²) in [6, 6.07) is 7.52. The van der Waals surface area contributed by atoms with Gasteiger partial charge in [0.05, 0.1) is 15.6 Å². The second kappa shape index (κ2) is 10.1. The molecule has 0 aliphatic carbocycles. The summed E-state index contributed by atoms with van der Waals surface area (Å²) < 4.78 is 73.1. The smallest absolute Gasteiger partial charge is 0.573 e. The van der Waals surface area contributed by atoms with Gasteiger partial charge in [-0.3, -0.25) is 4.79 Å². The molecule has 0 saturated heterocycles. The molecule has 6 nitrogen and oxygen atoms in total. The Morgan fingerprint density at radius 3 is 2.41 bits per heavy atom. The fraction of sp³-hybridized carbons (Fsp3) is 0.0476. The van der Waals surface area contributed by atoms with Crippen molar-refractivity contribution < 1.29 is 41.0 Å². The largest absolute Gasteiger partial charge is 0.619 e. The van der Waals surface area contributed by atoms with Gasteiger partial charge in [-0.25, -0.2) is 0 Å². The molecule has 0 atom stereocenters. The number of ether oxygens (including phenoxy) is 2. The number of rotatable bonds is 6. The van der Waals surface area contributed by atoms with Crippen LogP contribution >= 0.6 is 23.2 Å². The number of halogens is 7. The van der Waals surface area contributed by atoms with E-state index >= 15 is 0 Å². The van der Waals surface area contributed by atoms with Gasteiger partial charge in [0.1, 0.15) is 22.9 Å². The normalized spacial score (nSPS) is 11.0. The molecule has 13 heteroatoms. The first-order valence-corrected chi connectivity index (χ1v) is 9.76. The number of pyridine rings is 1. The fourth-order valence-corrected chi connectivity index (χ4v) is 3.00. The van der Waals surface area contributed by atoms with Gasteiger partial charge in [-0.2, -0.15) is 13.5 Å². The number of hydrogen-bond acceptors (Lipinski definition) is 4. The van der Waals surface area contributed by atoms with E-state index in [-0.39, 0.29) is 38.9 Å². The number of alkyl halides is 3. The number of nitrogens with one attached hydrogen (secondary N) is 1. The van der Waals surface area contributed by atoms with E-state index in [2.05, 4.69) is 10.1 Å². The van der Waals surface area contributed by atoms with Crippen LogP contribution in [0.25, 0.3) is 6.08 Å². The molecule has 1 aromatic heterocycles. The maximum Gasteiger partial charge on any atom is 0.573 e. The summed E-state index contributed by atoms with van der Waals surface area (Å²) in [5.41, 5.74) is -0.562. The fourth-order valence-electron chi connectivity index (χ4n) is 2.68. The molecule has 34 heavy (non-hydrogen) atoms. The lowest BCUT2D eigenvalue weighted by atomic mass is 10.1. The summed E-state index contributed by atoms with van der Waals surface area (Å²) in [6.45, 7) is 0. The predicted molar refractivity (Wildman–Crippen MR) is 113 cm³/mol. The molecule has 3 aromatic rings. The van der Waals surface area contributed by atoms with Crippen LogP contribution in [-0.4, -0.2) is 12.3 Å². The van der Waals surface area contributed by atoms with Crippen LogP contribution in [0.5, 0.6) is 17.2 Å². The Hall–Kier alpha value is -3.57. The van der Waals surface area contributed by atoms with Crippen molar-refractivity contribution in [2.75, 3.05) is 5.32 Å². The average Bonchev–Trinajstić information content (AvgIpc) is 2.70. The van der Waals surface area contributed by atoms with Crippen LogP contribution in [-0.2, 0) is 0 Å². The quantitative estimate of drug-likeness (QED) is 0.220. The van der Waals surface area contributed by atoms with E-state index < -0.39 is 29.7 Å². The van der Waals surface area contributed by atoms with E-state index in [4.69, 9.17) is 27.9 Å². The third-order valence-electron chi connectivity index (χ3n) is 4.00. The number of carbonyl (C=O) groups excluding carboxylic acids is 1. The topological polar surface area (TPSA) is 74.5 Å². The number of nitrogens with zero attached hydrogens (tertiary/aromatic N) is 1. The predicted octanol–water partition coefficient (Wildman–Crippen LogP) is 6.81. The SMILES string of the molecule is O=C(Nc1ccc[n+]([O-])c1)c1cc(Cl)c(Cl)cc1Oc1ccc(OC(F)(F)F)cc1C=C(F)F. The number of anilines is 1. The van der Waals surface area contributed by atoms with Gasteiger partial charge in [0.15, 0.2) is 6.20 Å². The molecule has 1 amide bonds. The Morgan fingerprint density at radius 1 is 1.06 bits per heavy atom. The Balaban J connectivity index is 2.01. The van der Waals surface area contributed by atoms with E-state index in [0.29, 0.717) is 10.8 Å². The highest BCUT2D eigenvalue weighted by molar-refractivity contribution is 6.42. The Labute approximate surface area is 198 Å². The van der Waals surface area contributed by atoms with E-state index in [0.717, 1.165) is 30.5 Å². The summed E-state index contributed by atoms with van der Waals surface area (Å²) in [5.74, 6) is -2.16. The molecule has 0 aliphatic rings. The molecule has 0 bridgehead atoms. The lowest BCUT2D eigenvalue weighted by molar-refractivity contribution is -0.604. The zero-order valence-electron chi connectivity index (χ0n) is 16.5. The Morgan fingerprint density at radius 2 is 1.76 bits per heavy atom. The van der Waals surface area contributed by atoms with Gasteiger partial charge in [-0.05, 0) is 30.3 Å². The molecule has 178 valence electrons. The summed E-state index contributed by atoms with van der Waals surface area (Å²) >= 11 is 12.0. The van der Waals surface area contributed by atoms with Gasteiger partial charge in [-0.15, -0.1) is 13.2 Å². The van der Waals surface area contributed by atoms with Crippen LogP contribution in [0, 0.1) is 5.21 Å². The first-order chi connectivity index (χ1) is 15.9. The second-order valence-electron chi connectivity index (χ2n) is 6.45. The third-order valence-corrected chi connectivity index (χ3v) is 4.72. The summed E-state index contributed by atoms with van der Waals surface area (Å²) in [6.07, 6.45) is -4.76. The molecule has 1 heterocycles. The van der Waals surface area contributed by atoms with Crippen molar-refractivity contribution in [2.45, 2.75) is 6.36 Å². The van der Waals surface area contributed by atoms with Gasteiger partial charge in [0.2, 0.25) is 6.20 Å². The van der Waals surface area contributed by atoms with Crippen molar-refractivity contribution in [3.8, 4) is 17.2 Å². The zero-order valence-corrected chi connectivity index (χ0v) is 18.0. The molecule has 2 aromatic carbocycles. The molecule has 0 unspecified atom stereocenters. The summed E-state index contributed by atoms with van der Waals surface area (Å²) in [7, 11) is 0. The van der Waals surface area contributed by atoms with Crippen molar-refractivity contribution in [1.29, 1.82) is 0 Å². The molecule has 0 aliphatic heterocycles. The minimum absolute atomic E-state index is 0.0463. The van der Waals surface area contributed by atoms with Gasteiger partial charge < -0.3 is 20.0 Å². The zero-order chi connectivity index (χ0) is 25.0. The van der Waals surface area contributed by atoms with Crippen LogP contribution in [0.15, 0.2) is 60.9 Å². The number of amides is 1. The maximum atomic E-state index is 12.9. The van der Waals surface area contributed by atoms with E-state index in [1.807, 2.05) is 0 Å². The molecular formula is C21H11Cl2F5N2O4. The lowest BCUT2D eigenvalue weighted by Crippen LogP contribution is -2.25. The van der Waals surface area contributed by atoms with E-state index in [9.17, 15) is 32.0 Å². The van der Waals surface area contributed by atoms with Gasteiger partial charge in [-0.1, -0.05) is 23.2 Å². The highest BCUT2D eigenvalue weighted by Gasteiger charge is 2.31. The second-order valence-corrected chi connectivity index (χ2v) is 7.27. The summed E-state index contributed by atoms with van der Waals surface area (Å²) in [4.78, 5) is 12.8. The lowest BCUT2D eigenvalue weighted by Gasteiger charge is -2.16. The van der Waals surface area contributed by atoms with Crippen LogP contribution in [0.3, 0.4) is 0 Å². The van der Waals surface area contributed by atoms with Crippen LogP contribution < -0.4 is 19.5 Å². The van der Waals surface area contributed by atoms with Crippen LogP contribution in [0.4, 0.5) is 27.6 Å². The molecule has 0 radical (unpaired) electrons. The third kappa shape index (κ3) is 6.72. The monoisotopic (exact) mass is 520 g/mol. The van der Waals surface area contributed by atoms with Crippen LogP contribution in [0.1, 0.15) is 15.9 Å². The number of carbonyl (C=O) groups is 1. The number of aromatic nitrogens is 1. The highest BCUT2D eigenvalue weighted by Crippen LogP contribution is 2.37. The van der Waals surface area contributed by atoms with E-state index in [1.165, 1.54) is 18.3 Å². The Kier molecular flexibility index (Phi) is 7.48. The molecule has 0 saturated carbocycles. The average molecular weight is 521 g/mol. The van der Waals surface area contributed by atoms with Gasteiger partial charge in [0, 0.05) is 23.8 Å². The number of benzene rings is 2. The number of hydrogen-bond donors (Lipinski definition) is 1. The van der Waals surface area contributed by atoms with Crippen molar-refractivity contribution in [3.63, 3.8) is 0 Å². The maximum absolute atomic E-state index is 12.9. The first-order valence-electron chi connectivity index (χ1n) is 9.01. The molecule has 0 fully saturated rings. The standard InChI is InChI=1S/C21H11Cl2F5N2O4/c22-15-8-14(20(31)29-12-2-1-5-30(32)10-12)18(9-16(15)23)33-17-4-3-13(34-21(26,27)28)6-11(17)7-19(24)25/h1-10H,(H,29,31). The van der Waals surface area contributed by atoms with Crippen molar-refractivity contribution in [1.82, 2.24) is 0 Å². The minimum Gasteiger partial charge on any atom is -0.619 e.